The predicted octanol–water partition coefficient (Wildman–Crippen LogP) is 3.51. The van der Waals surface area contributed by atoms with Gasteiger partial charge in [-0.3, -0.25) is 0 Å². The van der Waals surface area contributed by atoms with Crippen LogP contribution in [0.3, 0.4) is 0 Å². The van der Waals surface area contributed by atoms with Gasteiger partial charge in [0.2, 0.25) is 10.0 Å². The molecule has 3 rings (SSSR count). The van der Waals surface area contributed by atoms with Crippen molar-refractivity contribution in [2.45, 2.75) is 11.4 Å². The molecule has 27 heavy (non-hydrogen) atoms. The molecule has 0 bridgehead atoms. The number of anilines is 1. The molecule has 0 unspecified atom stereocenters. The predicted molar refractivity (Wildman–Crippen MR) is 102 cm³/mol. The fourth-order valence-corrected chi connectivity index (χ4v) is 4.27. The summed E-state index contributed by atoms with van der Waals surface area (Å²) < 4.78 is 38.1. The summed E-state index contributed by atoms with van der Waals surface area (Å²) in [6.45, 7) is 0.0399. The highest BCUT2D eigenvalue weighted by molar-refractivity contribution is 7.89. The van der Waals surface area contributed by atoms with Crippen molar-refractivity contribution >= 4 is 33.0 Å². The first-order chi connectivity index (χ1) is 12.8. The lowest BCUT2D eigenvalue weighted by Crippen LogP contribution is -2.16. The first-order valence-corrected chi connectivity index (χ1v) is 10.2. The van der Waals surface area contributed by atoms with Gasteiger partial charge in [0, 0.05) is 28.2 Å². The fourth-order valence-electron chi connectivity index (χ4n) is 2.61. The van der Waals surface area contributed by atoms with Crippen LogP contribution < -0.4 is 10.5 Å². The molecule has 0 aliphatic heterocycles. The number of benzene rings is 2. The molecular formula is C18H15FN2O4S2. The van der Waals surface area contributed by atoms with Gasteiger partial charge in [0.05, 0.1) is 10.5 Å². The molecule has 3 aromatic rings. The number of aromatic carboxylic acids is 1. The maximum atomic E-state index is 13.9. The van der Waals surface area contributed by atoms with Crippen molar-refractivity contribution in [1.82, 2.24) is 0 Å². The van der Waals surface area contributed by atoms with Crippen molar-refractivity contribution in [3.8, 4) is 10.4 Å². The summed E-state index contributed by atoms with van der Waals surface area (Å²) in [7, 11) is -4.20. The molecule has 0 radical (unpaired) electrons. The summed E-state index contributed by atoms with van der Waals surface area (Å²) in [5, 5.41) is 19.4. The van der Waals surface area contributed by atoms with Crippen molar-refractivity contribution in [2.75, 3.05) is 5.32 Å². The average molecular weight is 406 g/mol. The third-order valence-corrected chi connectivity index (χ3v) is 5.67. The summed E-state index contributed by atoms with van der Waals surface area (Å²) >= 11 is 1.28. The Labute approximate surface area is 159 Å². The molecule has 0 saturated carbocycles. The van der Waals surface area contributed by atoms with Gasteiger partial charge < -0.3 is 10.4 Å². The summed E-state index contributed by atoms with van der Waals surface area (Å²) in [4.78, 5) is 11.7. The van der Waals surface area contributed by atoms with Crippen molar-refractivity contribution in [2.24, 2.45) is 5.14 Å². The Bertz CT molecular complexity index is 1100. The molecular weight excluding hydrogens is 391 g/mol. The Morgan fingerprint density at radius 3 is 2.52 bits per heavy atom. The number of hydrogen-bond donors (Lipinski definition) is 3. The molecule has 140 valence electrons. The molecule has 0 aliphatic carbocycles. The van der Waals surface area contributed by atoms with Gasteiger partial charge in [0.1, 0.15) is 5.82 Å². The van der Waals surface area contributed by atoms with Gasteiger partial charge in [-0.05, 0) is 29.6 Å². The Morgan fingerprint density at radius 1 is 1.19 bits per heavy atom. The second-order valence-electron chi connectivity index (χ2n) is 5.67. The van der Waals surface area contributed by atoms with E-state index in [-0.39, 0.29) is 28.3 Å². The zero-order valence-electron chi connectivity index (χ0n) is 13.8. The minimum atomic E-state index is -4.20. The standard InChI is InChI=1S/C18H15FN2O4S2/c19-13-5-2-1-4-11(13)10-21-14-8-12(18(22)23)9-16(27(20,24)25)17(14)15-6-3-7-26-15/h1-9,21H,10H2,(H,22,23)(H2,20,24,25). The van der Waals surface area contributed by atoms with Gasteiger partial charge in [-0.2, -0.15) is 0 Å². The van der Waals surface area contributed by atoms with Crippen molar-refractivity contribution in [3.05, 3.63) is 70.9 Å². The molecule has 0 aliphatic rings. The summed E-state index contributed by atoms with van der Waals surface area (Å²) in [6, 6.07) is 11.9. The second kappa shape index (κ2) is 7.47. The molecule has 0 amide bonds. The third-order valence-electron chi connectivity index (χ3n) is 3.85. The summed E-state index contributed by atoms with van der Waals surface area (Å²) in [5.41, 5.74) is 0.612. The molecule has 0 saturated heterocycles. The summed E-state index contributed by atoms with van der Waals surface area (Å²) in [6.07, 6.45) is 0. The topological polar surface area (TPSA) is 109 Å². The van der Waals surface area contributed by atoms with Crippen LogP contribution in [0.15, 0.2) is 58.8 Å². The van der Waals surface area contributed by atoms with Gasteiger partial charge in [-0.25, -0.2) is 22.7 Å². The molecule has 1 aromatic heterocycles. The van der Waals surface area contributed by atoms with Gasteiger partial charge >= 0.3 is 5.97 Å². The first-order valence-electron chi connectivity index (χ1n) is 7.72. The quantitative estimate of drug-likeness (QED) is 0.580. The van der Waals surface area contributed by atoms with Gasteiger partial charge in [-0.1, -0.05) is 24.3 Å². The minimum absolute atomic E-state index is 0.0399. The number of carboxylic acids is 1. The number of primary sulfonamides is 1. The first kappa shape index (κ1) is 19.0. The Balaban J connectivity index is 2.17. The van der Waals surface area contributed by atoms with E-state index >= 15 is 0 Å². The van der Waals surface area contributed by atoms with Crippen LogP contribution in [0.2, 0.25) is 0 Å². The van der Waals surface area contributed by atoms with E-state index in [2.05, 4.69) is 5.32 Å². The number of carbonyl (C=O) groups is 1. The number of halogens is 1. The number of carboxylic acid groups (broad SMARTS) is 1. The molecule has 0 fully saturated rings. The number of sulfonamides is 1. The van der Waals surface area contributed by atoms with E-state index in [1.54, 1.807) is 35.7 Å². The van der Waals surface area contributed by atoms with Crippen LogP contribution in [0, 0.1) is 5.82 Å². The molecule has 0 atom stereocenters. The van der Waals surface area contributed by atoms with Crippen LogP contribution in [0.4, 0.5) is 10.1 Å². The van der Waals surface area contributed by atoms with Crippen LogP contribution in [0.25, 0.3) is 10.4 Å². The van der Waals surface area contributed by atoms with E-state index in [1.807, 2.05) is 0 Å². The van der Waals surface area contributed by atoms with Crippen LogP contribution in [-0.4, -0.2) is 19.5 Å². The maximum absolute atomic E-state index is 13.9. The molecule has 4 N–H and O–H groups in total. The molecule has 2 aromatic carbocycles. The number of hydrogen-bond acceptors (Lipinski definition) is 5. The van der Waals surface area contributed by atoms with Gasteiger partial charge in [-0.15, -0.1) is 11.3 Å². The van der Waals surface area contributed by atoms with Crippen molar-refractivity contribution in [3.63, 3.8) is 0 Å². The summed E-state index contributed by atoms with van der Waals surface area (Å²) in [5.74, 6) is -1.73. The minimum Gasteiger partial charge on any atom is -0.478 e. The van der Waals surface area contributed by atoms with Crippen LogP contribution in [0.5, 0.6) is 0 Å². The lowest BCUT2D eigenvalue weighted by Gasteiger charge is -2.16. The van der Waals surface area contributed by atoms with E-state index in [0.717, 1.165) is 6.07 Å². The second-order valence-corrected chi connectivity index (χ2v) is 8.15. The third kappa shape index (κ3) is 4.16. The smallest absolute Gasteiger partial charge is 0.335 e. The number of nitrogens with two attached hydrogens (primary N) is 1. The van der Waals surface area contributed by atoms with Crippen LogP contribution in [0.1, 0.15) is 15.9 Å². The van der Waals surface area contributed by atoms with E-state index in [9.17, 15) is 22.7 Å². The fraction of sp³-hybridized carbons (Fsp3) is 0.0556. The highest BCUT2D eigenvalue weighted by Crippen LogP contribution is 2.38. The maximum Gasteiger partial charge on any atom is 0.335 e. The molecule has 6 nitrogen and oxygen atoms in total. The van der Waals surface area contributed by atoms with E-state index < -0.39 is 21.8 Å². The van der Waals surface area contributed by atoms with Gasteiger partial charge in [0.15, 0.2) is 0 Å². The van der Waals surface area contributed by atoms with E-state index in [0.29, 0.717) is 10.4 Å². The normalized spacial score (nSPS) is 11.3. The molecule has 9 heteroatoms. The molecule has 1 heterocycles. The highest BCUT2D eigenvalue weighted by atomic mass is 32.2. The van der Waals surface area contributed by atoms with Gasteiger partial charge in [0.25, 0.3) is 0 Å². The Kier molecular flexibility index (Phi) is 5.26. The zero-order valence-corrected chi connectivity index (χ0v) is 15.5. The monoisotopic (exact) mass is 406 g/mol. The zero-order chi connectivity index (χ0) is 19.6. The molecule has 0 spiro atoms. The van der Waals surface area contributed by atoms with E-state index in [4.69, 9.17) is 5.14 Å². The SMILES string of the molecule is NS(=O)(=O)c1cc(C(=O)O)cc(NCc2ccccc2F)c1-c1cccs1. The van der Waals surface area contributed by atoms with Crippen LogP contribution in [-0.2, 0) is 16.6 Å². The van der Waals surface area contributed by atoms with Crippen LogP contribution >= 0.6 is 11.3 Å². The van der Waals surface area contributed by atoms with Crippen molar-refractivity contribution in [1.29, 1.82) is 0 Å². The average Bonchev–Trinajstić information content (AvgIpc) is 3.13. The number of nitrogens with one attached hydrogen (secondary N) is 1. The number of thiophene rings is 1. The lowest BCUT2D eigenvalue weighted by molar-refractivity contribution is 0.0696. The number of rotatable bonds is 6. The Morgan fingerprint density at radius 2 is 1.93 bits per heavy atom. The largest absolute Gasteiger partial charge is 0.478 e. The van der Waals surface area contributed by atoms with E-state index in [1.165, 1.54) is 23.5 Å². The van der Waals surface area contributed by atoms with Crippen molar-refractivity contribution < 1.29 is 22.7 Å². The Hall–Kier alpha value is -2.75. The highest BCUT2D eigenvalue weighted by Gasteiger charge is 2.23. The lowest BCUT2D eigenvalue weighted by atomic mass is 10.1.